The minimum absolute atomic E-state index is 0.00115. The quantitative estimate of drug-likeness (QED) is 0.134. The summed E-state index contributed by atoms with van der Waals surface area (Å²) in [7, 11) is -3.30. The first kappa shape index (κ1) is 36.4. The molecule has 4 nitrogen and oxygen atoms in total. The van der Waals surface area contributed by atoms with Gasteiger partial charge >= 0.3 is 275 Å². The standard InChI is InChI=1S/C40H57O4P/c1-29(41)42-25-17-18-26-45(32-19-15-14-16-20-32,43-35-23-21-30(37(2,3)4)27-33(35)39(8,9)10)44-36-24-22-31(38(5,6)7)28-34(36)40(11,12)13/h14-24,27-28,45H,25-26H2,1-13H3. The Hall–Kier alpha value is -3.10. The van der Waals surface area contributed by atoms with Gasteiger partial charge in [0.2, 0.25) is 0 Å². The van der Waals surface area contributed by atoms with Crippen molar-refractivity contribution in [3.05, 3.63) is 101 Å². The first-order valence-electron chi connectivity index (χ1n) is 16.2. The molecular weight excluding hydrogens is 575 g/mol. The molecule has 0 unspecified atom stereocenters. The predicted octanol–water partition coefficient (Wildman–Crippen LogP) is 10.4. The van der Waals surface area contributed by atoms with E-state index in [1.54, 1.807) is 0 Å². The van der Waals surface area contributed by atoms with E-state index in [0.29, 0.717) is 6.16 Å². The molecule has 0 aliphatic heterocycles. The fourth-order valence-corrected chi connectivity index (χ4v) is 8.13. The fraction of sp³-hybridized carbons (Fsp3) is 0.475. The molecule has 0 saturated heterocycles. The van der Waals surface area contributed by atoms with Gasteiger partial charge in [-0.25, -0.2) is 0 Å². The predicted molar refractivity (Wildman–Crippen MR) is 194 cm³/mol. The monoisotopic (exact) mass is 632 g/mol. The van der Waals surface area contributed by atoms with Crippen LogP contribution in [0.3, 0.4) is 0 Å². The van der Waals surface area contributed by atoms with Gasteiger partial charge in [-0.05, 0) is 0 Å². The minimum atomic E-state index is -3.30. The number of carbonyl (C=O) groups excluding carboxylic acids is 1. The summed E-state index contributed by atoms with van der Waals surface area (Å²) >= 11 is 0. The Morgan fingerprint density at radius 2 is 1.07 bits per heavy atom. The van der Waals surface area contributed by atoms with Gasteiger partial charge in [-0.15, -0.1) is 0 Å². The summed E-state index contributed by atoms with van der Waals surface area (Å²) in [5.41, 5.74) is 4.50. The summed E-state index contributed by atoms with van der Waals surface area (Å²) in [4.78, 5) is 11.5. The van der Waals surface area contributed by atoms with Gasteiger partial charge < -0.3 is 0 Å². The average Bonchev–Trinajstić information content (AvgIpc) is 2.91. The summed E-state index contributed by atoms with van der Waals surface area (Å²) in [5, 5.41) is 1.03. The van der Waals surface area contributed by atoms with Crippen molar-refractivity contribution in [3.63, 3.8) is 0 Å². The molecule has 246 valence electrons. The van der Waals surface area contributed by atoms with Gasteiger partial charge in [0.15, 0.2) is 0 Å². The molecule has 3 aromatic rings. The van der Waals surface area contributed by atoms with Gasteiger partial charge in [-0.2, -0.15) is 0 Å². The van der Waals surface area contributed by atoms with Gasteiger partial charge in [0.05, 0.1) is 0 Å². The number of esters is 1. The van der Waals surface area contributed by atoms with Crippen LogP contribution in [0.4, 0.5) is 0 Å². The summed E-state index contributed by atoms with van der Waals surface area (Å²) in [6.07, 6.45) is 4.45. The van der Waals surface area contributed by atoms with Crippen LogP contribution in [0.15, 0.2) is 78.9 Å². The third-order valence-corrected chi connectivity index (χ3v) is 11.1. The summed E-state index contributed by atoms with van der Waals surface area (Å²) in [6.45, 7) is 28.5. The third kappa shape index (κ3) is 9.69. The van der Waals surface area contributed by atoms with E-state index >= 15 is 0 Å². The molecule has 0 aliphatic rings. The third-order valence-electron chi connectivity index (χ3n) is 8.01. The second kappa shape index (κ2) is 13.7. The first-order chi connectivity index (χ1) is 20.6. The zero-order chi connectivity index (χ0) is 33.8. The van der Waals surface area contributed by atoms with Crippen LogP contribution in [-0.2, 0) is 31.2 Å². The number of rotatable bonds is 9. The molecule has 0 atom stereocenters. The van der Waals surface area contributed by atoms with Crippen molar-refractivity contribution >= 4 is 19.0 Å². The van der Waals surface area contributed by atoms with Gasteiger partial charge in [-0.3, -0.25) is 0 Å². The zero-order valence-electron chi connectivity index (χ0n) is 30.1. The molecule has 45 heavy (non-hydrogen) atoms. The average molecular weight is 633 g/mol. The van der Waals surface area contributed by atoms with Crippen molar-refractivity contribution < 1.29 is 18.6 Å². The van der Waals surface area contributed by atoms with E-state index in [0.717, 1.165) is 27.9 Å². The molecule has 0 aliphatic carbocycles. The molecule has 0 bridgehead atoms. The Morgan fingerprint density at radius 1 is 0.622 bits per heavy atom. The fourth-order valence-electron chi connectivity index (χ4n) is 5.20. The van der Waals surface area contributed by atoms with E-state index in [1.807, 2.05) is 30.4 Å². The second-order valence-electron chi connectivity index (χ2n) is 16.2. The molecule has 0 N–H and O–H groups in total. The number of hydrogen-bond donors (Lipinski definition) is 0. The Bertz CT molecular complexity index is 1400. The summed E-state index contributed by atoms with van der Waals surface area (Å²) in [6, 6.07) is 23.6. The molecule has 0 aromatic heterocycles. The van der Waals surface area contributed by atoms with E-state index in [4.69, 9.17) is 13.8 Å². The zero-order valence-corrected chi connectivity index (χ0v) is 31.1. The summed E-state index contributed by atoms with van der Waals surface area (Å²) < 4.78 is 20.0. The molecule has 0 heterocycles. The van der Waals surface area contributed by atoms with Crippen molar-refractivity contribution in [1.82, 2.24) is 0 Å². The molecular formula is C40H57O4P. The van der Waals surface area contributed by atoms with Crippen molar-refractivity contribution in [2.45, 2.75) is 112 Å². The van der Waals surface area contributed by atoms with E-state index in [-0.39, 0.29) is 34.2 Å². The molecule has 0 amide bonds. The van der Waals surface area contributed by atoms with E-state index in [9.17, 15) is 4.79 Å². The Morgan fingerprint density at radius 3 is 1.44 bits per heavy atom. The van der Waals surface area contributed by atoms with Crippen LogP contribution in [0.1, 0.15) is 112 Å². The maximum atomic E-state index is 11.5. The van der Waals surface area contributed by atoms with Crippen LogP contribution in [0.2, 0.25) is 0 Å². The Labute approximate surface area is 274 Å². The van der Waals surface area contributed by atoms with Crippen LogP contribution >= 0.6 is 7.72 Å². The molecule has 0 saturated carbocycles. The van der Waals surface area contributed by atoms with Gasteiger partial charge in [0.1, 0.15) is 0 Å². The van der Waals surface area contributed by atoms with Gasteiger partial charge in [-0.1, -0.05) is 0 Å². The second-order valence-corrected chi connectivity index (χ2v) is 19.1. The molecule has 5 heteroatoms. The number of benzene rings is 3. The SMILES string of the molecule is CC(=O)OCC=CC[PH](Oc1ccc(C(C)(C)C)cc1C(C)(C)C)(Oc1ccc(C(C)(C)C)cc1C(C)(C)C)c1ccccc1. The molecule has 3 rings (SSSR count). The van der Waals surface area contributed by atoms with Crippen LogP contribution in [0.25, 0.3) is 0 Å². The number of allylic oxidation sites excluding steroid dienone is 1. The van der Waals surface area contributed by atoms with Crippen LogP contribution in [0.5, 0.6) is 11.5 Å². The van der Waals surface area contributed by atoms with Crippen LogP contribution in [0, 0.1) is 0 Å². The van der Waals surface area contributed by atoms with E-state index in [1.165, 1.54) is 18.1 Å². The Kier molecular flexibility index (Phi) is 11.1. The molecule has 0 spiro atoms. The van der Waals surface area contributed by atoms with Crippen LogP contribution < -0.4 is 14.4 Å². The van der Waals surface area contributed by atoms with Crippen molar-refractivity contribution in [3.8, 4) is 11.5 Å². The van der Waals surface area contributed by atoms with E-state index in [2.05, 4.69) is 132 Å². The van der Waals surface area contributed by atoms with Crippen LogP contribution in [-0.4, -0.2) is 18.7 Å². The van der Waals surface area contributed by atoms with E-state index < -0.39 is 7.72 Å². The van der Waals surface area contributed by atoms with Crippen molar-refractivity contribution in [2.24, 2.45) is 0 Å². The molecule has 0 fully saturated rings. The molecule has 3 aromatic carbocycles. The maximum absolute atomic E-state index is 11.5. The van der Waals surface area contributed by atoms with Crippen molar-refractivity contribution in [2.75, 3.05) is 12.8 Å². The number of hydrogen-bond acceptors (Lipinski definition) is 4. The summed E-state index contributed by atoms with van der Waals surface area (Å²) in [5.74, 6) is 1.37. The topological polar surface area (TPSA) is 44.8 Å². The molecule has 0 radical (unpaired) electrons. The normalized spacial score (nSPS) is 13.5. The first-order valence-corrected chi connectivity index (χ1v) is 18.2. The number of ether oxygens (including phenoxy) is 1. The van der Waals surface area contributed by atoms with Gasteiger partial charge in [0, 0.05) is 0 Å². The van der Waals surface area contributed by atoms with Crippen molar-refractivity contribution in [1.29, 1.82) is 0 Å². The Balaban J connectivity index is 2.31. The van der Waals surface area contributed by atoms with Gasteiger partial charge in [0.25, 0.3) is 0 Å². The number of carbonyl (C=O) groups is 1.